The number of hydrogen-bond donors (Lipinski definition) is 2. The van der Waals surface area contributed by atoms with Crippen LogP contribution in [0.1, 0.15) is 59.6 Å². The molecule has 0 aromatic heterocycles. The minimum atomic E-state index is -0.625. The van der Waals surface area contributed by atoms with Gasteiger partial charge in [-0.2, -0.15) is 0 Å². The van der Waals surface area contributed by atoms with E-state index in [9.17, 15) is 9.59 Å². The van der Waals surface area contributed by atoms with Gasteiger partial charge in [0.05, 0.1) is 13.2 Å². The van der Waals surface area contributed by atoms with E-state index in [4.69, 9.17) is 4.74 Å². The lowest BCUT2D eigenvalue weighted by molar-refractivity contribution is -0.140. The van der Waals surface area contributed by atoms with Gasteiger partial charge < -0.3 is 15.4 Å². The molecule has 2 amide bonds. The number of carbonyl (C=O) groups is 2. The molecule has 0 bridgehead atoms. The number of amides is 2. The van der Waals surface area contributed by atoms with E-state index in [0.29, 0.717) is 0 Å². The van der Waals surface area contributed by atoms with E-state index < -0.39 is 17.4 Å². The minimum Gasteiger partial charge on any atom is -0.497 e. The Balaban J connectivity index is 2.64. The SMILES string of the molecule is COc1ccc(C(C)NC(=O)C(=O)NC(C)(C)CC(C)(C)C)cc1. The van der Waals surface area contributed by atoms with Crippen molar-refractivity contribution in [2.45, 2.75) is 59.5 Å². The number of carbonyl (C=O) groups excluding carboxylic acids is 2. The lowest BCUT2D eigenvalue weighted by atomic mass is 9.82. The molecule has 1 unspecified atom stereocenters. The molecule has 0 aliphatic heterocycles. The second-order valence-electron chi connectivity index (χ2n) is 8.04. The standard InChI is InChI=1S/C19H30N2O3/c1-13(14-8-10-15(24-7)11-9-14)20-16(22)17(23)21-19(5,6)12-18(2,3)4/h8-11,13H,12H2,1-7H3,(H,20,22)(H,21,23). The monoisotopic (exact) mass is 334 g/mol. The van der Waals surface area contributed by atoms with E-state index in [0.717, 1.165) is 17.7 Å². The molecule has 1 aromatic carbocycles. The third kappa shape index (κ3) is 6.60. The summed E-state index contributed by atoms with van der Waals surface area (Å²) in [5.41, 5.74) is 0.519. The Labute approximate surface area is 145 Å². The van der Waals surface area contributed by atoms with E-state index in [1.54, 1.807) is 7.11 Å². The van der Waals surface area contributed by atoms with Gasteiger partial charge in [-0.1, -0.05) is 32.9 Å². The van der Waals surface area contributed by atoms with Gasteiger partial charge in [0.2, 0.25) is 0 Å². The van der Waals surface area contributed by atoms with E-state index in [1.165, 1.54) is 0 Å². The van der Waals surface area contributed by atoms with Crippen molar-refractivity contribution in [2.24, 2.45) is 5.41 Å². The quantitative estimate of drug-likeness (QED) is 0.813. The zero-order valence-electron chi connectivity index (χ0n) is 15.8. The van der Waals surface area contributed by atoms with Crippen molar-refractivity contribution >= 4 is 11.8 Å². The maximum atomic E-state index is 12.2. The number of hydrogen-bond acceptors (Lipinski definition) is 3. The van der Waals surface area contributed by atoms with Crippen LogP contribution >= 0.6 is 0 Å². The predicted octanol–water partition coefficient (Wildman–Crippen LogP) is 3.20. The summed E-state index contributed by atoms with van der Waals surface area (Å²) in [6, 6.07) is 7.12. The van der Waals surface area contributed by atoms with E-state index in [2.05, 4.69) is 31.4 Å². The topological polar surface area (TPSA) is 67.4 Å². The number of benzene rings is 1. The van der Waals surface area contributed by atoms with Crippen LogP contribution in [0.2, 0.25) is 0 Å². The van der Waals surface area contributed by atoms with E-state index >= 15 is 0 Å². The molecule has 134 valence electrons. The third-order valence-corrected chi connectivity index (χ3v) is 3.59. The van der Waals surface area contributed by atoms with Gasteiger partial charge in [0.25, 0.3) is 0 Å². The summed E-state index contributed by atoms with van der Waals surface area (Å²) in [6.07, 6.45) is 0.771. The molecule has 5 heteroatoms. The van der Waals surface area contributed by atoms with Gasteiger partial charge in [-0.05, 0) is 50.3 Å². The number of rotatable bonds is 5. The van der Waals surface area contributed by atoms with Gasteiger partial charge in [0, 0.05) is 5.54 Å². The molecular weight excluding hydrogens is 304 g/mol. The molecule has 0 saturated heterocycles. The van der Waals surface area contributed by atoms with Gasteiger partial charge >= 0.3 is 11.8 Å². The summed E-state index contributed by atoms with van der Waals surface area (Å²) in [5.74, 6) is -0.483. The van der Waals surface area contributed by atoms with Crippen molar-refractivity contribution in [2.75, 3.05) is 7.11 Å². The highest BCUT2D eigenvalue weighted by molar-refractivity contribution is 6.35. The molecule has 1 aromatic rings. The summed E-state index contributed by atoms with van der Waals surface area (Å²) < 4.78 is 5.11. The molecule has 5 nitrogen and oxygen atoms in total. The van der Waals surface area contributed by atoms with Gasteiger partial charge in [0.15, 0.2) is 0 Å². The van der Waals surface area contributed by atoms with Crippen molar-refractivity contribution < 1.29 is 14.3 Å². The largest absolute Gasteiger partial charge is 0.497 e. The lowest BCUT2D eigenvalue weighted by Gasteiger charge is -2.33. The zero-order chi connectivity index (χ0) is 18.5. The summed E-state index contributed by atoms with van der Waals surface area (Å²) >= 11 is 0. The number of ether oxygens (including phenoxy) is 1. The minimum absolute atomic E-state index is 0.0592. The van der Waals surface area contributed by atoms with Gasteiger partial charge in [-0.15, -0.1) is 0 Å². The fourth-order valence-electron chi connectivity index (χ4n) is 2.97. The highest BCUT2D eigenvalue weighted by atomic mass is 16.5. The summed E-state index contributed by atoms with van der Waals surface area (Å²) in [7, 11) is 1.60. The van der Waals surface area contributed by atoms with Crippen LogP contribution in [0.15, 0.2) is 24.3 Å². The zero-order valence-corrected chi connectivity index (χ0v) is 15.8. The molecule has 0 heterocycles. The molecule has 0 saturated carbocycles. The average Bonchev–Trinajstić information content (AvgIpc) is 2.44. The first-order valence-corrected chi connectivity index (χ1v) is 8.20. The van der Waals surface area contributed by atoms with Crippen LogP contribution in [-0.4, -0.2) is 24.5 Å². The van der Waals surface area contributed by atoms with Crippen LogP contribution in [-0.2, 0) is 9.59 Å². The summed E-state index contributed by atoms with van der Waals surface area (Å²) in [5, 5.41) is 5.54. The summed E-state index contributed by atoms with van der Waals surface area (Å²) in [4.78, 5) is 24.3. The van der Waals surface area contributed by atoms with Gasteiger partial charge in [-0.3, -0.25) is 9.59 Å². The van der Waals surface area contributed by atoms with Gasteiger partial charge in [0.1, 0.15) is 5.75 Å². The number of nitrogens with one attached hydrogen (secondary N) is 2. The third-order valence-electron chi connectivity index (χ3n) is 3.59. The normalized spacial score (nSPS) is 13.1. The molecule has 0 spiro atoms. The molecule has 0 fully saturated rings. The van der Waals surface area contributed by atoms with Crippen LogP contribution < -0.4 is 15.4 Å². The first-order chi connectivity index (χ1) is 10.9. The Kier molecular flexibility index (Phi) is 6.41. The Morgan fingerprint density at radius 3 is 2.04 bits per heavy atom. The van der Waals surface area contributed by atoms with Crippen molar-refractivity contribution in [1.82, 2.24) is 10.6 Å². The Hall–Kier alpha value is -2.04. The van der Waals surface area contributed by atoms with E-state index in [1.807, 2.05) is 45.0 Å². The average molecular weight is 334 g/mol. The molecule has 0 aliphatic rings. The Bertz CT molecular complexity index is 571. The molecule has 2 N–H and O–H groups in total. The van der Waals surface area contributed by atoms with Crippen molar-refractivity contribution in [3.8, 4) is 5.75 Å². The van der Waals surface area contributed by atoms with Crippen LogP contribution in [0, 0.1) is 5.41 Å². The van der Waals surface area contributed by atoms with Crippen molar-refractivity contribution in [3.63, 3.8) is 0 Å². The fraction of sp³-hybridized carbons (Fsp3) is 0.579. The fourth-order valence-corrected chi connectivity index (χ4v) is 2.97. The van der Waals surface area contributed by atoms with Gasteiger partial charge in [-0.25, -0.2) is 0 Å². The molecular formula is C19H30N2O3. The first kappa shape index (κ1) is 20.0. The molecule has 1 rings (SSSR count). The predicted molar refractivity (Wildman–Crippen MR) is 95.8 cm³/mol. The number of methoxy groups -OCH3 is 1. The van der Waals surface area contributed by atoms with E-state index in [-0.39, 0.29) is 11.5 Å². The summed E-state index contributed by atoms with van der Waals surface area (Å²) in [6.45, 7) is 12.0. The second-order valence-corrected chi connectivity index (χ2v) is 8.04. The first-order valence-electron chi connectivity index (χ1n) is 8.20. The Morgan fingerprint density at radius 2 is 1.58 bits per heavy atom. The smallest absolute Gasteiger partial charge is 0.309 e. The van der Waals surface area contributed by atoms with Crippen molar-refractivity contribution in [1.29, 1.82) is 0 Å². The highest BCUT2D eigenvalue weighted by Crippen LogP contribution is 2.26. The molecule has 1 atom stereocenters. The van der Waals surface area contributed by atoms with Crippen LogP contribution in [0.4, 0.5) is 0 Å². The molecule has 0 aliphatic carbocycles. The van der Waals surface area contributed by atoms with Crippen LogP contribution in [0.25, 0.3) is 0 Å². The highest BCUT2D eigenvalue weighted by Gasteiger charge is 2.29. The molecule has 24 heavy (non-hydrogen) atoms. The second kappa shape index (κ2) is 7.69. The lowest BCUT2D eigenvalue weighted by Crippen LogP contribution is -2.51. The maximum absolute atomic E-state index is 12.2. The van der Waals surface area contributed by atoms with Crippen LogP contribution in [0.3, 0.4) is 0 Å². The Morgan fingerprint density at radius 1 is 1.04 bits per heavy atom. The maximum Gasteiger partial charge on any atom is 0.309 e. The van der Waals surface area contributed by atoms with Crippen LogP contribution in [0.5, 0.6) is 5.75 Å². The molecule has 0 radical (unpaired) electrons. The van der Waals surface area contributed by atoms with Crippen molar-refractivity contribution in [3.05, 3.63) is 29.8 Å².